The number of hydrogen-bond acceptors (Lipinski definition) is 8. The maximum absolute atomic E-state index is 12.9. The molecule has 4 rings (SSSR count). The predicted octanol–water partition coefficient (Wildman–Crippen LogP) is 2.48. The monoisotopic (exact) mass is 542 g/mol. The van der Waals surface area contributed by atoms with Gasteiger partial charge in [-0.15, -0.1) is 0 Å². The number of nitrogens with zero attached hydrogens (tertiary/aromatic N) is 3. The molecule has 1 aliphatic heterocycles. The van der Waals surface area contributed by atoms with Gasteiger partial charge in [-0.2, -0.15) is 9.29 Å². The molecule has 2 N–H and O–H groups in total. The molecule has 1 aliphatic rings. The minimum atomic E-state index is -3.72. The van der Waals surface area contributed by atoms with Gasteiger partial charge < -0.3 is 19.9 Å². The topological polar surface area (TPSA) is 126 Å². The molecule has 204 valence electrons. The quantitative estimate of drug-likeness (QED) is 0.414. The van der Waals surface area contributed by atoms with E-state index in [1.807, 2.05) is 60.7 Å². The summed E-state index contributed by atoms with van der Waals surface area (Å²) in [7, 11) is -2.26. The fourth-order valence-electron chi connectivity index (χ4n) is 4.59. The van der Waals surface area contributed by atoms with Crippen molar-refractivity contribution < 1.29 is 22.6 Å². The molecule has 0 aliphatic carbocycles. The van der Waals surface area contributed by atoms with E-state index in [2.05, 4.69) is 4.98 Å². The molecule has 0 spiro atoms. The molecule has 3 aromatic rings. The van der Waals surface area contributed by atoms with Gasteiger partial charge in [-0.1, -0.05) is 60.7 Å². The highest BCUT2D eigenvalue weighted by Gasteiger charge is 2.57. The van der Waals surface area contributed by atoms with Gasteiger partial charge in [-0.3, -0.25) is 4.57 Å². The zero-order chi connectivity index (χ0) is 27.5. The summed E-state index contributed by atoms with van der Waals surface area (Å²) < 4.78 is 47.0. The number of anilines is 1. The minimum absolute atomic E-state index is 0.0854. The van der Waals surface area contributed by atoms with Crippen LogP contribution in [0.15, 0.2) is 71.7 Å². The molecular weight excluding hydrogens is 508 g/mol. The number of ether oxygens (including phenoxy) is 3. The van der Waals surface area contributed by atoms with Gasteiger partial charge in [0, 0.05) is 18.8 Å². The number of nitrogens with two attached hydrogens (primary N) is 1. The molecular formula is C27H34N4O6S. The first-order chi connectivity index (χ1) is 18.0. The van der Waals surface area contributed by atoms with Crippen molar-refractivity contribution in [2.75, 3.05) is 25.6 Å². The summed E-state index contributed by atoms with van der Waals surface area (Å²) in [5.74, 6) is 0.100. The van der Waals surface area contributed by atoms with E-state index in [1.165, 1.54) is 22.1 Å². The second-order valence-electron chi connectivity index (χ2n) is 9.79. The summed E-state index contributed by atoms with van der Waals surface area (Å²) in [6.07, 6.45) is 0.798. The average Bonchev–Trinajstić information content (AvgIpc) is 3.16. The highest BCUT2D eigenvalue weighted by molar-refractivity contribution is 7.88. The summed E-state index contributed by atoms with van der Waals surface area (Å²) in [6.45, 7) is 4.14. The number of benzene rings is 2. The van der Waals surface area contributed by atoms with Gasteiger partial charge in [0.15, 0.2) is 6.23 Å². The van der Waals surface area contributed by atoms with E-state index < -0.39 is 39.7 Å². The number of sulfonamides is 1. The van der Waals surface area contributed by atoms with E-state index in [-0.39, 0.29) is 19.0 Å². The SMILES string of the molecule is Cc1cn([C@@H]2O[C@](C)(COCc3ccccc3)[C@@H](OCc3ccccc3)[C@H]2N(C)S(C)(=O)=O)c(=O)nc1N. The molecule has 0 unspecified atom stereocenters. The summed E-state index contributed by atoms with van der Waals surface area (Å²) in [5, 5.41) is 0. The van der Waals surface area contributed by atoms with Crippen molar-refractivity contribution in [3.05, 3.63) is 94.0 Å². The van der Waals surface area contributed by atoms with Gasteiger partial charge in [0.25, 0.3) is 0 Å². The molecule has 0 radical (unpaired) electrons. The fraction of sp³-hybridized carbons (Fsp3) is 0.407. The van der Waals surface area contributed by atoms with Gasteiger partial charge in [0.1, 0.15) is 17.5 Å². The lowest BCUT2D eigenvalue weighted by molar-refractivity contribution is -0.146. The zero-order valence-electron chi connectivity index (χ0n) is 22.0. The summed E-state index contributed by atoms with van der Waals surface area (Å²) >= 11 is 0. The lowest BCUT2D eigenvalue weighted by atomic mass is 9.96. The molecule has 1 saturated heterocycles. The van der Waals surface area contributed by atoms with Crippen LogP contribution in [0.2, 0.25) is 0 Å². The third kappa shape index (κ3) is 6.13. The Kier molecular flexibility index (Phi) is 8.34. The molecule has 0 bridgehead atoms. The van der Waals surface area contributed by atoms with Crippen molar-refractivity contribution in [3.8, 4) is 0 Å². The molecule has 1 fully saturated rings. The van der Waals surface area contributed by atoms with Crippen LogP contribution in [-0.2, 0) is 37.4 Å². The highest BCUT2D eigenvalue weighted by atomic mass is 32.2. The summed E-state index contributed by atoms with van der Waals surface area (Å²) in [4.78, 5) is 16.9. The van der Waals surface area contributed by atoms with Crippen molar-refractivity contribution in [3.63, 3.8) is 0 Å². The molecule has 0 saturated carbocycles. The van der Waals surface area contributed by atoms with E-state index >= 15 is 0 Å². The largest absolute Gasteiger partial charge is 0.383 e. The van der Waals surface area contributed by atoms with Gasteiger partial charge in [0.05, 0.1) is 32.1 Å². The van der Waals surface area contributed by atoms with Crippen LogP contribution >= 0.6 is 0 Å². The lowest BCUT2D eigenvalue weighted by Crippen LogP contribution is -2.53. The molecule has 2 heterocycles. The van der Waals surface area contributed by atoms with Crippen molar-refractivity contribution >= 4 is 15.8 Å². The number of rotatable bonds is 10. The van der Waals surface area contributed by atoms with Crippen LogP contribution in [0.4, 0.5) is 5.82 Å². The van der Waals surface area contributed by atoms with E-state index in [0.29, 0.717) is 12.2 Å². The maximum Gasteiger partial charge on any atom is 0.351 e. The zero-order valence-corrected chi connectivity index (χ0v) is 22.8. The fourth-order valence-corrected chi connectivity index (χ4v) is 5.25. The van der Waals surface area contributed by atoms with Gasteiger partial charge in [-0.25, -0.2) is 13.2 Å². The molecule has 1 aromatic heterocycles. The molecule has 0 amide bonds. The smallest absolute Gasteiger partial charge is 0.351 e. The van der Waals surface area contributed by atoms with Crippen molar-refractivity contribution in [2.45, 2.75) is 51.0 Å². The van der Waals surface area contributed by atoms with E-state index in [0.717, 1.165) is 17.4 Å². The minimum Gasteiger partial charge on any atom is -0.383 e. The van der Waals surface area contributed by atoms with Crippen LogP contribution in [0.3, 0.4) is 0 Å². The third-order valence-electron chi connectivity index (χ3n) is 6.76. The van der Waals surface area contributed by atoms with E-state index in [4.69, 9.17) is 19.9 Å². The van der Waals surface area contributed by atoms with Crippen molar-refractivity contribution in [1.29, 1.82) is 0 Å². The Morgan fingerprint density at radius 2 is 1.66 bits per heavy atom. The highest BCUT2D eigenvalue weighted by Crippen LogP contribution is 2.42. The Balaban J connectivity index is 1.73. The summed E-state index contributed by atoms with van der Waals surface area (Å²) in [6, 6.07) is 18.3. The number of nitrogen functional groups attached to an aromatic ring is 1. The predicted molar refractivity (Wildman–Crippen MR) is 144 cm³/mol. The van der Waals surface area contributed by atoms with Gasteiger partial charge in [0.2, 0.25) is 10.0 Å². The van der Waals surface area contributed by atoms with Gasteiger partial charge in [-0.05, 0) is 25.0 Å². The number of hydrogen-bond donors (Lipinski definition) is 1. The molecule has 4 atom stereocenters. The van der Waals surface area contributed by atoms with Crippen LogP contribution in [0.25, 0.3) is 0 Å². The molecule has 38 heavy (non-hydrogen) atoms. The maximum atomic E-state index is 12.9. The molecule has 10 nitrogen and oxygen atoms in total. The van der Waals surface area contributed by atoms with Crippen molar-refractivity contribution in [2.24, 2.45) is 0 Å². The second kappa shape index (κ2) is 11.3. The third-order valence-corrected chi connectivity index (χ3v) is 8.05. The second-order valence-corrected chi connectivity index (χ2v) is 11.8. The Labute approximate surface area is 223 Å². The Hall–Kier alpha value is -3.09. The first kappa shape index (κ1) is 27.9. The van der Waals surface area contributed by atoms with E-state index in [1.54, 1.807) is 13.8 Å². The van der Waals surface area contributed by atoms with Crippen LogP contribution < -0.4 is 11.4 Å². The van der Waals surface area contributed by atoms with Crippen LogP contribution in [0.1, 0.15) is 29.8 Å². The van der Waals surface area contributed by atoms with E-state index in [9.17, 15) is 13.2 Å². The van der Waals surface area contributed by atoms with Crippen LogP contribution in [-0.4, -0.2) is 59.9 Å². The number of aryl methyl sites for hydroxylation is 1. The summed E-state index contributed by atoms with van der Waals surface area (Å²) in [5.41, 5.74) is 6.53. The normalized spacial score (nSPS) is 23.7. The Bertz CT molecular complexity index is 1400. The number of likely N-dealkylation sites (N-methyl/N-ethyl adjacent to an activating group) is 1. The standard InChI is InChI=1S/C27H34N4O6S/c1-19-15-31(26(32)29-24(19)28)25-22(30(3)38(4,33)34)23(36-17-21-13-9-6-10-14-21)27(2,37-25)18-35-16-20-11-7-5-8-12-20/h5-15,22-23,25H,16-18H2,1-4H3,(H2,28,29,32)/t22-,23+,25-,27-/m1/s1. The first-order valence-corrected chi connectivity index (χ1v) is 14.1. The van der Waals surface area contributed by atoms with Crippen molar-refractivity contribution in [1.82, 2.24) is 13.9 Å². The Morgan fingerprint density at radius 1 is 1.08 bits per heavy atom. The number of aromatic nitrogens is 2. The van der Waals surface area contributed by atoms with Gasteiger partial charge >= 0.3 is 5.69 Å². The van der Waals surface area contributed by atoms with Crippen LogP contribution in [0, 0.1) is 6.92 Å². The lowest BCUT2D eigenvalue weighted by Gasteiger charge is -2.34. The first-order valence-electron chi connectivity index (χ1n) is 12.2. The molecule has 2 aromatic carbocycles. The van der Waals surface area contributed by atoms with Crippen LogP contribution in [0.5, 0.6) is 0 Å². The Morgan fingerprint density at radius 3 is 2.24 bits per heavy atom. The molecule has 11 heteroatoms. The average molecular weight is 543 g/mol.